The highest BCUT2D eigenvalue weighted by Gasteiger charge is 2.51. The first kappa shape index (κ1) is 14.6. The van der Waals surface area contributed by atoms with Gasteiger partial charge in [0.05, 0.1) is 0 Å². The zero-order valence-corrected chi connectivity index (χ0v) is 13.0. The number of carbonyl (C=O) groups excluding carboxylic acids is 1. The van der Waals surface area contributed by atoms with Crippen molar-refractivity contribution in [1.29, 1.82) is 0 Å². The molecule has 0 aromatic rings. The molecule has 1 unspecified atom stereocenters. The maximum absolute atomic E-state index is 12.3. The molecular formula is C16H27ClN2O. The minimum atomic E-state index is 0. The summed E-state index contributed by atoms with van der Waals surface area (Å²) in [5.74, 6) is 3.05. The molecule has 4 heteroatoms. The van der Waals surface area contributed by atoms with Gasteiger partial charge in [0, 0.05) is 18.0 Å². The fourth-order valence-electron chi connectivity index (χ4n) is 5.77. The van der Waals surface area contributed by atoms with Crippen molar-refractivity contribution in [3.05, 3.63) is 0 Å². The van der Waals surface area contributed by atoms with Crippen LogP contribution in [0.25, 0.3) is 0 Å². The maximum Gasteiger partial charge on any atom is 0.221 e. The summed E-state index contributed by atoms with van der Waals surface area (Å²) >= 11 is 0. The van der Waals surface area contributed by atoms with Gasteiger partial charge in [-0.2, -0.15) is 0 Å². The third-order valence-electron chi connectivity index (χ3n) is 6.04. The Balaban J connectivity index is 0.00000121. The molecule has 0 radical (unpaired) electrons. The van der Waals surface area contributed by atoms with Crippen LogP contribution in [0.15, 0.2) is 0 Å². The van der Waals surface area contributed by atoms with E-state index in [0.717, 1.165) is 24.3 Å². The van der Waals surface area contributed by atoms with Crippen molar-refractivity contribution in [2.45, 2.75) is 69.4 Å². The van der Waals surface area contributed by atoms with Gasteiger partial charge in [0.15, 0.2) is 0 Å². The topological polar surface area (TPSA) is 41.1 Å². The molecule has 5 rings (SSSR count). The van der Waals surface area contributed by atoms with E-state index in [1.165, 1.54) is 51.4 Å². The monoisotopic (exact) mass is 298 g/mol. The van der Waals surface area contributed by atoms with Gasteiger partial charge in [0.25, 0.3) is 0 Å². The standard InChI is InChI=1S/C16H26N2O.ClH/c19-15(7-14-2-1-3-17-14)18-16-8-11-4-12(9-16)6-13(5-11)10-16;/h11-14,17H,1-10H2,(H,18,19);1H. The predicted octanol–water partition coefficient (Wildman–Crippen LogP) is 2.64. The van der Waals surface area contributed by atoms with Crippen LogP contribution in [0.4, 0.5) is 0 Å². The quantitative estimate of drug-likeness (QED) is 0.841. The SMILES string of the molecule is Cl.O=C(CC1CCCN1)NC12CC3CC(CC(C3)C1)C2. The Labute approximate surface area is 128 Å². The number of rotatable bonds is 3. The minimum Gasteiger partial charge on any atom is -0.351 e. The van der Waals surface area contributed by atoms with Gasteiger partial charge in [-0.3, -0.25) is 4.79 Å². The summed E-state index contributed by atoms with van der Waals surface area (Å²) in [6, 6.07) is 0.439. The molecule has 2 N–H and O–H groups in total. The number of halogens is 1. The van der Waals surface area contributed by atoms with Crippen LogP contribution in [-0.4, -0.2) is 24.0 Å². The Morgan fingerprint density at radius 2 is 1.70 bits per heavy atom. The summed E-state index contributed by atoms with van der Waals surface area (Å²) in [5, 5.41) is 6.91. The second-order valence-electron chi connectivity index (χ2n) is 7.74. The normalized spacial score (nSPS) is 45.2. The van der Waals surface area contributed by atoms with E-state index in [9.17, 15) is 4.79 Å². The Morgan fingerprint density at radius 1 is 1.10 bits per heavy atom. The van der Waals surface area contributed by atoms with Crippen molar-refractivity contribution in [2.75, 3.05) is 6.54 Å². The van der Waals surface area contributed by atoms with Crippen LogP contribution in [0.1, 0.15) is 57.8 Å². The molecule has 1 heterocycles. The van der Waals surface area contributed by atoms with Gasteiger partial charge in [-0.15, -0.1) is 12.4 Å². The van der Waals surface area contributed by atoms with E-state index in [4.69, 9.17) is 0 Å². The lowest BCUT2D eigenvalue weighted by Gasteiger charge is -2.57. The van der Waals surface area contributed by atoms with Crippen LogP contribution in [0.2, 0.25) is 0 Å². The first-order valence-corrected chi connectivity index (χ1v) is 8.25. The number of nitrogens with one attached hydrogen (secondary N) is 2. The van der Waals surface area contributed by atoms with E-state index < -0.39 is 0 Å². The summed E-state index contributed by atoms with van der Waals surface area (Å²) in [7, 11) is 0. The molecule has 1 amide bonds. The molecule has 4 bridgehead atoms. The molecule has 1 aliphatic heterocycles. The molecule has 4 saturated carbocycles. The van der Waals surface area contributed by atoms with Gasteiger partial charge >= 0.3 is 0 Å². The van der Waals surface area contributed by atoms with Gasteiger partial charge in [-0.05, 0) is 75.7 Å². The van der Waals surface area contributed by atoms with Gasteiger partial charge in [-0.1, -0.05) is 0 Å². The summed E-state index contributed by atoms with van der Waals surface area (Å²) in [5.41, 5.74) is 0.199. The number of hydrogen-bond acceptors (Lipinski definition) is 2. The summed E-state index contributed by atoms with van der Waals surface area (Å²) < 4.78 is 0. The lowest BCUT2D eigenvalue weighted by molar-refractivity contribution is -0.127. The minimum absolute atomic E-state index is 0. The average molecular weight is 299 g/mol. The van der Waals surface area contributed by atoms with Crippen LogP contribution >= 0.6 is 12.4 Å². The Bertz CT molecular complexity index is 343. The molecule has 0 aromatic heterocycles. The van der Waals surface area contributed by atoms with Crippen molar-refractivity contribution in [3.8, 4) is 0 Å². The van der Waals surface area contributed by atoms with Crippen molar-refractivity contribution < 1.29 is 4.79 Å². The summed E-state index contributed by atoms with van der Waals surface area (Å²) in [4.78, 5) is 12.3. The van der Waals surface area contributed by atoms with Gasteiger partial charge in [0.2, 0.25) is 5.91 Å². The summed E-state index contributed by atoms with van der Waals surface area (Å²) in [6.07, 6.45) is 11.2. The van der Waals surface area contributed by atoms with Crippen LogP contribution in [0.5, 0.6) is 0 Å². The maximum atomic E-state index is 12.3. The van der Waals surface area contributed by atoms with E-state index in [1.54, 1.807) is 0 Å². The van der Waals surface area contributed by atoms with Gasteiger partial charge < -0.3 is 10.6 Å². The van der Waals surface area contributed by atoms with Crippen LogP contribution < -0.4 is 10.6 Å². The number of carbonyl (C=O) groups is 1. The largest absolute Gasteiger partial charge is 0.351 e. The molecule has 5 aliphatic rings. The van der Waals surface area contributed by atoms with Gasteiger partial charge in [-0.25, -0.2) is 0 Å². The average Bonchev–Trinajstić information content (AvgIpc) is 2.78. The fraction of sp³-hybridized carbons (Fsp3) is 0.938. The van der Waals surface area contributed by atoms with Crippen molar-refractivity contribution >= 4 is 18.3 Å². The zero-order chi connectivity index (χ0) is 12.9. The lowest BCUT2D eigenvalue weighted by Crippen LogP contribution is -2.60. The van der Waals surface area contributed by atoms with Crippen molar-refractivity contribution in [2.24, 2.45) is 17.8 Å². The van der Waals surface area contributed by atoms with E-state index in [2.05, 4.69) is 10.6 Å². The molecule has 20 heavy (non-hydrogen) atoms. The van der Waals surface area contributed by atoms with E-state index in [-0.39, 0.29) is 17.9 Å². The highest BCUT2D eigenvalue weighted by atomic mass is 35.5. The smallest absolute Gasteiger partial charge is 0.221 e. The molecule has 1 saturated heterocycles. The van der Waals surface area contributed by atoms with Crippen molar-refractivity contribution in [3.63, 3.8) is 0 Å². The van der Waals surface area contributed by atoms with Crippen LogP contribution in [0, 0.1) is 17.8 Å². The first-order chi connectivity index (χ1) is 9.21. The second-order valence-corrected chi connectivity index (χ2v) is 7.74. The van der Waals surface area contributed by atoms with E-state index in [0.29, 0.717) is 18.4 Å². The molecule has 3 nitrogen and oxygen atoms in total. The highest BCUT2D eigenvalue weighted by Crippen LogP contribution is 2.55. The molecule has 0 spiro atoms. The Hall–Kier alpha value is -0.280. The van der Waals surface area contributed by atoms with Crippen LogP contribution in [0.3, 0.4) is 0 Å². The first-order valence-electron chi connectivity index (χ1n) is 8.25. The van der Waals surface area contributed by atoms with E-state index in [1.807, 2.05) is 0 Å². The number of amides is 1. The highest BCUT2D eigenvalue weighted by molar-refractivity contribution is 5.85. The Kier molecular flexibility index (Phi) is 4.02. The molecule has 4 aliphatic carbocycles. The fourth-order valence-corrected chi connectivity index (χ4v) is 5.77. The third-order valence-corrected chi connectivity index (χ3v) is 6.04. The van der Waals surface area contributed by atoms with Crippen LogP contribution in [-0.2, 0) is 4.79 Å². The lowest BCUT2D eigenvalue weighted by atomic mass is 9.53. The Morgan fingerprint density at radius 3 is 2.20 bits per heavy atom. The van der Waals surface area contributed by atoms with Crippen molar-refractivity contribution in [1.82, 2.24) is 10.6 Å². The van der Waals surface area contributed by atoms with E-state index >= 15 is 0 Å². The summed E-state index contributed by atoms with van der Waals surface area (Å²) in [6.45, 7) is 1.09. The molecular weight excluding hydrogens is 272 g/mol. The predicted molar refractivity (Wildman–Crippen MR) is 81.9 cm³/mol. The van der Waals surface area contributed by atoms with Gasteiger partial charge in [0.1, 0.15) is 0 Å². The molecule has 5 fully saturated rings. The molecule has 114 valence electrons. The zero-order valence-electron chi connectivity index (χ0n) is 12.2. The molecule has 1 atom stereocenters. The molecule has 0 aromatic carbocycles. The number of hydrogen-bond donors (Lipinski definition) is 2. The third kappa shape index (κ3) is 2.71. The second kappa shape index (κ2) is 5.49.